The van der Waals surface area contributed by atoms with Gasteiger partial charge in [-0.25, -0.2) is 4.98 Å². The molecule has 0 aliphatic carbocycles. The Balaban J connectivity index is 2.08. The Morgan fingerprint density at radius 3 is 2.75 bits per heavy atom. The van der Waals surface area contributed by atoms with Crippen LogP contribution in [0.4, 0.5) is 5.13 Å². The maximum absolute atomic E-state index is 5.75. The van der Waals surface area contributed by atoms with Gasteiger partial charge in [0.2, 0.25) is 0 Å². The SMILES string of the molecule is Clc1csc(N2CCSCC2)n1. The van der Waals surface area contributed by atoms with E-state index in [9.17, 15) is 0 Å². The summed E-state index contributed by atoms with van der Waals surface area (Å²) >= 11 is 9.38. The van der Waals surface area contributed by atoms with Gasteiger partial charge in [0.25, 0.3) is 0 Å². The minimum atomic E-state index is 0.619. The predicted octanol–water partition coefficient (Wildman–Crippen LogP) is 2.35. The highest BCUT2D eigenvalue weighted by atomic mass is 35.5. The molecule has 0 radical (unpaired) electrons. The summed E-state index contributed by atoms with van der Waals surface area (Å²) in [7, 11) is 0. The van der Waals surface area contributed by atoms with Gasteiger partial charge in [0.05, 0.1) is 0 Å². The van der Waals surface area contributed by atoms with E-state index in [0.29, 0.717) is 5.15 Å². The van der Waals surface area contributed by atoms with Gasteiger partial charge in [-0.05, 0) is 0 Å². The number of anilines is 1. The maximum Gasteiger partial charge on any atom is 0.186 e. The normalized spacial score (nSPS) is 18.2. The molecule has 0 saturated carbocycles. The van der Waals surface area contributed by atoms with E-state index in [1.54, 1.807) is 11.3 Å². The molecule has 0 aromatic carbocycles. The monoisotopic (exact) mass is 220 g/mol. The fourth-order valence-electron chi connectivity index (χ4n) is 1.15. The van der Waals surface area contributed by atoms with Crippen LogP contribution in [0.2, 0.25) is 5.15 Å². The summed E-state index contributed by atoms with van der Waals surface area (Å²) in [5, 5.41) is 3.58. The van der Waals surface area contributed by atoms with Gasteiger partial charge in [0.15, 0.2) is 5.13 Å². The highest BCUT2D eigenvalue weighted by Gasteiger charge is 2.13. The average Bonchev–Trinajstić information content (AvgIpc) is 2.54. The summed E-state index contributed by atoms with van der Waals surface area (Å²) < 4.78 is 0. The van der Waals surface area contributed by atoms with Crippen LogP contribution in [0.15, 0.2) is 5.38 Å². The van der Waals surface area contributed by atoms with E-state index >= 15 is 0 Å². The Labute approximate surface area is 84.9 Å². The topological polar surface area (TPSA) is 16.1 Å². The number of halogens is 1. The zero-order chi connectivity index (χ0) is 8.39. The van der Waals surface area contributed by atoms with E-state index in [0.717, 1.165) is 18.2 Å². The summed E-state index contributed by atoms with van der Waals surface area (Å²) in [6, 6.07) is 0. The predicted molar refractivity (Wildman–Crippen MR) is 56.7 cm³/mol. The summed E-state index contributed by atoms with van der Waals surface area (Å²) in [4.78, 5) is 6.53. The van der Waals surface area contributed by atoms with Crippen molar-refractivity contribution in [1.82, 2.24) is 4.98 Å². The van der Waals surface area contributed by atoms with Crippen LogP contribution in [-0.2, 0) is 0 Å². The number of thioether (sulfide) groups is 1. The van der Waals surface area contributed by atoms with Gasteiger partial charge in [0.1, 0.15) is 5.15 Å². The standard InChI is InChI=1S/C7H9ClN2S2/c8-6-5-12-7(9-6)10-1-3-11-4-2-10/h5H,1-4H2. The molecule has 1 aliphatic rings. The highest BCUT2D eigenvalue weighted by molar-refractivity contribution is 7.99. The molecule has 1 aliphatic heterocycles. The molecule has 0 spiro atoms. The van der Waals surface area contributed by atoms with Crippen LogP contribution in [0.1, 0.15) is 0 Å². The number of hydrogen-bond acceptors (Lipinski definition) is 4. The fourth-order valence-corrected chi connectivity index (χ4v) is 3.05. The first-order valence-electron chi connectivity index (χ1n) is 3.80. The molecule has 0 bridgehead atoms. The molecule has 0 amide bonds. The first-order valence-corrected chi connectivity index (χ1v) is 6.21. The average molecular weight is 221 g/mol. The number of thiazole rings is 1. The third-order valence-corrected chi connectivity index (χ3v) is 3.91. The second kappa shape index (κ2) is 3.85. The van der Waals surface area contributed by atoms with Gasteiger partial charge in [-0.1, -0.05) is 11.6 Å². The lowest BCUT2D eigenvalue weighted by atomic mass is 10.5. The number of aromatic nitrogens is 1. The van der Waals surface area contributed by atoms with Gasteiger partial charge < -0.3 is 4.90 Å². The maximum atomic E-state index is 5.75. The first kappa shape index (κ1) is 8.66. The van der Waals surface area contributed by atoms with Crippen LogP contribution in [0.5, 0.6) is 0 Å². The molecule has 0 atom stereocenters. The van der Waals surface area contributed by atoms with E-state index < -0.39 is 0 Å². The lowest BCUT2D eigenvalue weighted by molar-refractivity contribution is 0.853. The molecule has 1 aromatic rings. The molecule has 1 saturated heterocycles. The van der Waals surface area contributed by atoms with Gasteiger partial charge >= 0.3 is 0 Å². The zero-order valence-corrected chi connectivity index (χ0v) is 8.88. The van der Waals surface area contributed by atoms with E-state index in [1.807, 2.05) is 17.1 Å². The smallest absolute Gasteiger partial charge is 0.186 e. The van der Waals surface area contributed by atoms with E-state index in [1.165, 1.54) is 11.5 Å². The molecular weight excluding hydrogens is 212 g/mol. The summed E-state index contributed by atoms with van der Waals surface area (Å²) in [6.07, 6.45) is 0. The van der Waals surface area contributed by atoms with Crippen LogP contribution in [0, 0.1) is 0 Å². The largest absolute Gasteiger partial charge is 0.346 e. The van der Waals surface area contributed by atoms with Crippen LogP contribution in [0.25, 0.3) is 0 Å². The number of nitrogens with zero attached hydrogens (tertiary/aromatic N) is 2. The van der Waals surface area contributed by atoms with Crippen molar-refractivity contribution in [3.05, 3.63) is 10.5 Å². The summed E-state index contributed by atoms with van der Waals surface area (Å²) in [5.74, 6) is 2.41. The Bertz CT molecular complexity index is 258. The molecule has 66 valence electrons. The van der Waals surface area contributed by atoms with E-state index in [2.05, 4.69) is 9.88 Å². The van der Waals surface area contributed by atoms with Crippen molar-refractivity contribution in [1.29, 1.82) is 0 Å². The molecule has 5 heteroatoms. The summed E-state index contributed by atoms with van der Waals surface area (Å²) in [6.45, 7) is 2.21. The summed E-state index contributed by atoms with van der Waals surface area (Å²) in [5.41, 5.74) is 0. The van der Waals surface area contributed by atoms with Crippen molar-refractivity contribution in [2.24, 2.45) is 0 Å². The third kappa shape index (κ3) is 1.87. The second-order valence-corrected chi connectivity index (χ2v) is 5.00. The molecule has 2 heterocycles. The lowest BCUT2D eigenvalue weighted by Crippen LogP contribution is -2.32. The molecule has 0 N–H and O–H groups in total. The van der Waals surface area contributed by atoms with E-state index in [4.69, 9.17) is 11.6 Å². The van der Waals surface area contributed by atoms with Crippen molar-refractivity contribution in [2.45, 2.75) is 0 Å². The fraction of sp³-hybridized carbons (Fsp3) is 0.571. The molecule has 12 heavy (non-hydrogen) atoms. The lowest BCUT2D eigenvalue weighted by Gasteiger charge is -2.25. The van der Waals surface area contributed by atoms with Crippen LogP contribution in [0.3, 0.4) is 0 Å². The molecule has 0 unspecified atom stereocenters. The van der Waals surface area contributed by atoms with Crippen LogP contribution >= 0.6 is 34.7 Å². The Hall–Kier alpha value is 0.0700. The van der Waals surface area contributed by atoms with Crippen molar-refractivity contribution in [2.75, 3.05) is 29.5 Å². The Morgan fingerprint density at radius 1 is 1.42 bits per heavy atom. The number of rotatable bonds is 1. The van der Waals surface area contributed by atoms with Crippen LogP contribution in [-0.4, -0.2) is 29.6 Å². The number of hydrogen-bond donors (Lipinski definition) is 0. The van der Waals surface area contributed by atoms with Gasteiger partial charge in [-0.2, -0.15) is 11.8 Å². The quantitative estimate of drug-likeness (QED) is 0.723. The van der Waals surface area contributed by atoms with Crippen molar-refractivity contribution in [3.63, 3.8) is 0 Å². The van der Waals surface area contributed by atoms with Gasteiger partial charge in [0, 0.05) is 30.0 Å². The van der Waals surface area contributed by atoms with E-state index in [-0.39, 0.29) is 0 Å². The molecule has 1 fully saturated rings. The van der Waals surface area contributed by atoms with Crippen LogP contribution < -0.4 is 4.90 Å². The highest BCUT2D eigenvalue weighted by Crippen LogP contribution is 2.25. The molecule has 1 aromatic heterocycles. The van der Waals surface area contributed by atoms with Gasteiger partial charge in [-0.15, -0.1) is 11.3 Å². The first-order chi connectivity index (χ1) is 5.86. The minimum absolute atomic E-state index is 0.619. The third-order valence-electron chi connectivity index (χ3n) is 1.75. The Kier molecular flexibility index (Phi) is 2.78. The van der Waals surface area contributed by atoms with Crippen molar-refractivity contribution >= 4 is 39.8 Å². The zero-order valence-electron chi connectivity index (χ0n) is 6.49. The van der Waals surface area contributed by atoms with Crippen molar-refractivity contribution < 1.29 is 0 Å². The molecule has 2 rings (SSSR count). The minimum Gasteiger partial charge on any atom is -0.346 e. The Morgan fingerprint density at radius 2 is 2.17 bits per heavy atom. The van der Waals surface area contributed by atoms with Gasteiger partial charge in [-0.3, -0.25) is 0 Å². The molecule has 2 nitrogen and oxygen atoms in total. The van der Waals surface area contributed by atoms with Crippen molar-refractivity contribution in [3.8, 4) is 0 Å². The molecular formula is C7H9ClN2S2. The second-order valence-electron chi connectivity index (χ2n) is 2.55.